The Kier molecular flexibility index (Phi) is 5.83. The van der Waals surface area contributed by atoms with E-state index < -0.39 is 18.2 Å². The fourth-order valence-corrected chi connectivity index (χ4v) is 2.79. The van der Waals surface area contributed by atoms with E-state index in [4.69, 9.17) is 4.74 Å². The molecule has 0 radical (unpaired) electrons. The first kappa shape index (κ1) is 18.3. The Balaban J connectivity index is 1.88. The number of aryl methyl sites for hydroxylation is 2. The van der Waals surface area contributed by atoms with Crippen molar-refractivity contribution in [1.82, 2.24) is 10.2 Å². The number of aliphatic hydroxyl groups is 1. The standard InChI is InChI=1S/C18H26N2O4/c1-11(2)7-15-17(22)20(18(23)19-15)9-14(21)10-24-16-6-5-12(3)8-13(16)4/h5-6,8,11,14-15,21H,7,9-10H2,1-4H3,(H,19,23)/t14-,15-/m0/s1. The average molecular weight is 334 g/mol. The zero-order valence-electron chi connectivity index (χ0n) is 14.7. The van der Waals surface area contributed by atoms with E-state index in [2.05, 4.69) is 5.32 Å². The Morgan fingerprint density at radius 2 is 2.00 bits per heavy atom. The fraction of sp³-hybridized carbons (Fsp3) is 0.556. The number of carbonyl (C=O) groups is 2. The number of amides is 3. The van der Waals surface area contributed by atoms with Crippen LogP contribution in [0.1, 0.15) is 31.4 Å². The molecule has 2 rings (SSSR count). The third-order valence-corrected chi connectivity index (χ3v) is 3.97. The van der Waals surface area contributed by atoms with Crippen molar-refractivity contribution in [2.75, 3.05) is 13.2 Å². The number of rotatable bonds is 7. The maximum Gasteiger partial charge on any atom is 0.324 e. The summed E-state index contributed by atoms with van der Waals surface area (Å²) in [6.45, 7) is 7.88. The van der Waals surface area contributed by atoms with E-state index in [1.807, 2.05) is 45.9 Å². The highest BCUT2D eigenvalue weighted by Crippen LogP contribution is 2.19. The van der Waals surface area contributed by atoms with Crippen molar-refractivity contribution in [2.45, 2.75) is 46.3 Å². The highest BCUT2D eigenvalue weighted by atomic mass is 16.5. The molecule has 1 aliphatic rings. The number of hydrogen-bond acceptors (Lipinski definition) is 4. The highest BCUT2D eigenvalue weighted by Gasteiger charge is 2.38. The summed E-state index contributed by atoms with van der Waals surface area (Å²) in [6.07, 6.45) is -0.339. The van der Waals surface area contributed by atoms with E-state index in [1.54, 1.807) is 0 Å². The van der Waals surface area contributed by atoms with Crippen molar-refractivity contribution < 1.29 is 19.4 Å². The van der Waals surface area contributed by atoms with Gasteiger partial charge in [-0.2, -0.15) is 0 Å². The van der Waals surface area contributed by atoms with Crippen LogP contribution >= 0.6 is 0 Å². The van der Waals surface area contributed by atoms with Crippen LogP contribution in [0.2, 0.25) is 0 Å². The summed E-state index contributed by atoms with van der Waals surface area (Å²) < 4.78 is 5.61. The molecule has 0 spiro atoms. The summed E-state index contributed by atoms with van der Waals surface area (Å²) in [6, 6.07) is 4.84. The zero-order chi connectivity index (χ0) is 17.9. The van der Waals surface area contributed by atoms with Crippen LogP contribution < -0.4 is 10.1 Å². The van der Waals surface area contributed by atoms with E-state index >= 15 is 0 Å². The van der Waals surface area contributed by atoms with Crippen LogP contribution in [-0.2, 0) is 4.79 Å². The molecule has 0 bridgehead atoms. The molecule has 6 heteroatoms. The van der Waals surface area contributed by atoms with Gasteiger partial charge in [0.15, 0.2) is 0 Å². The lowest BCUT2D eigenvalue weighted by molar-refractivity contribution is -0.128. The Bertz CT molecular complexity index is 615. The smallest absolute Gasteiger partial charge is 0.324 e. The van der Waals surface area contributed by atoms with Crippen molar-refractivity contribution >= 4 is 11.9 Å². The van der Waals surface area contributed by atoms with Gasteiger partial charge in [0, 0.05) is 0 Å². The molecule has 0 aliphatic carbocycles. The Morgan fingerprint density at radius 3 is 2.62 bits per heavy atom. The maximum atomic E-state index is 12.2. The molecule has 1 aliphatic heterocycles. The molecule has 0 saturated carbocycles. The highest BCUT2D eigenvalue weighted by molar-refractivity contribution is 6.04. The summed E-state index contributed by atoms with van der Waals surface area (Å²) >= 11 is 0. The van der Waals surface area contributed by atoms with Gasteiger partial charge in [-0.3, -0.25) is 9.69 Å². The molecule has 6 nitrogen and oxygen atoms in total. The second kappa shape index (κ2) is 7.66. The Labute approximate surface area is 142 Å². The largest absolute Gasteiger partial charge is 0.491 e. The van der Waals surface area contributed by atoms with E-state index in [0.717, 1.165) is 16.0 Å². The van der Waals surface area contributed by atoms with Crippen molar-refractivity contribution in [3.8, 4) is 5.75 Å². The normalized spacial score (nSPS) is 18.9. The third kappa shape index (κ3) is 4.47. The summed E-state index contributed by atoms with van der Waals surface area (Å²) in [4.78, 5) is 25.2. The van der Waals surface area contributed by atoms with Gasteiger partial charge in [0.1, 0.15) is 24.5 Å². The van der Waals surface area contributed by atoms with Crippen LogP contribution in [-0.4, -0.2) is 47.2 Å². The fourth-order valence-electron chi connectivity index (χ4n) is 2.79. The molecular weight excluding hydrogens is 308 g/mol. The van der Waals surface area contributed by atoms with Gasteiger partial charge in [-0.1, -0.05) is 31.5 Å². The van der Waals surface area contributed by atoms with Crippen LogP contribution in [0.15, 0.2) is 18.2 Å². The van der Waals surface area contributed by atoms with Crippen molar-refractivity contribution in [3.63, 3.8) is 0 Å². The summed E-state index contributed by atoms with van der Waals surface area (Å²) in [5, 5.41) is 12.8. The topological polar surface area (TPSA) is 78.9 Å². The molecule has 24 heavy (non-hydrogen) atoms. The molecule has 1 fully saturated rings. The average Bonchev–Trinajstić information content (AvgIpc) is 2.73. The van der Waals surface area contributed by atoms with Gasteiger partial charge in [0.2, 0.25) is 0 Å². The quantitative estimate of drug-likeness (QED) is 0.748. The molecule has 0 aromatic heterocycles. The number of hydrogen-bond donors (Lipinski definition) is 2. The van der Waals surface area contributed by atoms with Crippen LogP contribution in [0.5, 0.6) is 5.75 Å². The SMILES string of the molecule is Cc1ccc(OC[C@@H](O)CN2C(=O)N[C@@H](CC(C)C)C2=O)c(C)c1. The van der Waals surface area contributed by atoms with Crippen LogP contribution in [0.3, 0.4) is 0 Å². The molecule has 0 unspecified atom stereocenters. The zero-order valence-corrected chi connectivity index (χ0v) is 14.7. The van der Waals surface area contributed by atoms with Gasteiger partial charge < -0.3 is 15.2 Å². The number of aliphatic hydroxyl groups excluding tert-OH is 1. The van der Waals surface area contributed by atoms with Gasteiger partial charge in [0.25, 0.3) is 5.91 Å². The van der Waals surface area contributed by atoms with Gasteiger partial charge in [-0.25, -0.2) is 4.79 Å². The lowest BCUT2D eigenvalue weighted by Crippen LogP contribution is -2.40. The second-order valence-corrected chi connectivity index (χ2v) is 6.81. The van der Waals surface area contributed by atoms with Crippen LogP contribution in [0.4, 0.5) is 4.79 Å². The number of benzene rings is 1. The number of imide groups is 1. The van der Waals surface area contributed by atoms with Gasteiger partial charge in [-0.15, -0.1) is 0 Å². The predicted molar refractivity (Wildman–Crippen MR) is 90.9 cm³/mol. The minimum Gasteiger partial charge on any atom is -0.491 e. The number of nitrogens with one attached hydrogen (secondary N) is 1. The monoisotopic (exact) mass is 334 g/mol. The molecule has 2 atom stereocenters. The maximum absolute atomic E-state index is 12.2. The lowest BCUT2D eigenvalue weighted by atomic mass is 10.0. The lowest BCUT2D eigenvalue weighted by Gasteiger charge is -2.19. The van der Waals surface area contributed by atoms with Crippen molar-refractivity contribution in [3.05, 3.63) is 29.3 Å². The minimum atomic E-state index is -0.932. The summed E-state index contributed by atoms with van der Waals surface area (Å²) in [5.41, 5.74) is 2.12. The number of β-amino-alcohol motifs (C(OH)–C–C–N with tert-alkyl or cyclic N) is 1. The summed E-state index contributed by atoms with van der Waals surface area (Å²) in [5.74, 6) is 0.714. The number of nitrogens with zero attached hydrogens (tertiary/aromatic N) is 1. The molecule has 1 aromatic carbocycles. The summed E-state index contributed by atoms with van der Waals surface area (Å²) in [7, 11) is 0. The predicted octanol–water partition coefficient (Wildman–Crippen LogP) is 2.01. The second-order valence-electron chi connectivity index (χ2n) is 6.81. The van der Waals surface area contributed by atoms with Gasteiger partial charge in [-0.05, 0) is 37.8 Å². The van der Waals surface area contributed by atoms with Crippen LogP contribution in [0, 0.1) is 19.8 Å². The first-order valence-corrected chi connectivity index (χ1v) is 8.28. The Morgan fingerprint density at radius 1 is 1.29 bits per heavy atom. The van der Waals surface area contributed by atoms with Crippen molar-refractivity contribution in [1.29, 1.82) is 0 Å². The van der Waals surface area contributed by atoms with Crippen LogP contribution in [0.25, 0.3) is 0 Å². The molecule has 1 saturated heterocycles. The Hall–Kier alpha value is -2.08. The number of urea groups is 1. The minimum absolute atomic E-state index is 0.0236. The van der Waals surface area contributed by atoms with Gasteiger partial charge in [0.05, 0.1) is 6.54 Å². The number of carbonyl (C=O) groups excluding carboxylic acids is 2. The van der Waals surface area contributed by atoms with E-state index in [1.165, 1.54) is 0 Å². The molecule has 1 aromatic rings. The van der Waals surface area contributed by atoms with E-state index in [0.29, 0.717) is 18.1 Å². The van der Waals surface area contributed by atoms with E-state index in [-0.39, 0.29) is 19.1 Å². The molecule has 1 heterocycles. The first-order valence-electron chi connectivity index (χ1n) is 8.28. The molecular formula is C18H26N2O4. The third-order valence-electron chi connectivity index (χ3n) is 3.97. The molecule has 132 valence electrons. The molecule has 2 N–H and O–H groups in total. The molecule has 3 amide bonds. The number of ether oxygens (including phenoxy) is 1. The van der Waals surface area contributed by atoms with Crippen molar-refractivity contribution in [2.24, 2.45) is 5.92 Å². The van der Waals surface area contributed by atoms with Gasteiger partial charge >= 0.3 is 6.03 Å². The van der Waals surface area contributed by atoms with E-state index in [9.17, 15) is 14.7 Å². The first-order chi connectivity index (χ1) is 11.3.